The van der Waals surface area contributed by atoms with Crippen LogP contribution in [0.5, 0.6) is 5.75 Å². The van der Waals surface area contributed by atoms with Gasteiger partial charge in [0.25, 0.3) is 0 Å². The lowest BCUT2D eigenvalue weighted by molar-refractivity contribution is -0.0498. The number of halogens is 3. The first kappa shape index (κ1) is 22.5. The Balaban J connectivity index is 1.95. The van der Waals surface area contributed by atoms with E-state index in [1.807, 2.05) is 38.2 Å². The van der Waals surface area contributed by atoms with E-state index < -0.39 is 6.61 Å². The first-order chi connectivity index (χ1) is 14.9. The number of hydrogen-bond acceptors (Lipinski definition) is 5. The predicted molar refractivity (Wildman–Crippen MR) is 116 cm³/mol. The molecule has 1 atom stereocenters. The molecule has 0 bridgehead atoms. The summed E-state index contributed by atoms with van der Waals surface area (Å²) in [6, 6.07) is 11.5. The summed E-state index contributed by atoms with van der Waals surface area (Å²) in [7, 11) is 0. The third-order valence-electron chi connectivity index (χ3n) is 4.51. The molecule has 0 amide bonds. The molecule has 10 heteroatoms. The Morgan fingerprint density at radius 3 is 2.87 bits per heavy atom. The number of hydrogen-bond donors (Lipinski definition) is 2. The maximum Gasteiger partial charge on any atom is 0.387 e. The van der Waals surface area contributed by atoms with E-state index in [4.69, 9.17) is 11.6 Å². The Labute approximate surface area is 184 Å². The number of hydrazone groups is 1. The lowest BCUT2D eigenvalue weighted by atomic mass is 10.0. The van der Waals surface area contributed by atoms with Crippen molar-refractivity contribution in [1.29, 1.82) is 5.26 Å². The van der Waals surface area contributed by atoms with Gasteiger partial charge >= 0.3 is 6.61 Å². The van der Waals surface area contributed by atoms with E-state index in [9.17, 15) is 14.0 Å². The fourth-order valence-electron chi connectivity index (χ4n) is 3.16. The zero-order chi connectivity index (χ0) is 22.4. The molecular weight excluding hydrogens is 426 g/mol. The lowest BCUT2D eigenvalue weighted by Crippen LogP contribution is -2.42. The SMILES string of the molecule is CCNC1CN(C(=Nc2cccc(OC(F)F)c2)NC#N)N=C1c1ccc(Cl)c(C)c1. The summed E-state index contributed by atoms with van der Waals surface area (Å²) in [5, 5.41) is 22.0. The number of aryl methyl sites for hydroxylation is 1. The molecule has 0 spiro atoms. The van der Waals surface area contributed by atoms with Crippen LogP contribution in [0.25, 0.3) is 0 Å². The zero-order valence-electron chi connectivity index (χ0n) is 16.9. The van der Waals surface area contributed by atoms with Crippen molar-refractivity contribution in [3.63, 3.8) is 0 Å². The van der Waals surface area contributed by atoms with Crippen LogP contribution in [-0.4, -0.2) is 42.4 Å². The number of ether oxygens (including phenoxy) is 1. The molecule has 1 heterocycles. The van der Waals surface area contributed by atoms with Gasteiger partial charge in [0.15, 0.2) is 6.19 Å². The standard InChI is InChI=1S/C21H21ClF2N6O/c1-3-26-18-11-30(29-19(18)14-7-8-17(22)13(2)9-14)21(27-12-25)28-15-5-4-6-16(10-15)31-20(23)24/h4-10,18,20,26H,3,11H2,1-2H3,(H,27,28). The van der Waals surface area contributed by atoms with Gasteiger partial charge < -0.3 is 10.1 Å². The highest BCUT2D eigenvalue weighted by Gasteiger charge is 2.30. The molecule has 1 aliphatic heterocycles. The van der Waals surface area contributed by atoms with Crippen LogP contribution in [0.1, 0.15) is 18.1 Å². The van der Waals surface area contributed by atoms with E-state index >= 15 is 0 Å². The van der Waals surface area contributed by atoms with Gasteiger partial charge in [-0.1, -0.05) is 30.7 Å². The van der Waals surface area contributed by atoms with E-state index in [0.717, 1.165) is 23.4 Å². The summed E-state index contributed by atoms with van der Waals surface area (Å²) in [6.45, 7) is 2.11. The number of aliphatic imine (C=N–C) groups is 1. The summed E-state index contributed by atoms with van der Waals surface area (Å²) in [5.74, 6) is 0.139. The van der Waals surface area contributed by atoms with Crippen LogP contribution in [0, 0.1) is 18.4 Å². The largest absolute Gasteiger partial charge is 0.435 e. The predicted octanol–water partition coefficient (Wildman–Crippen LogP) is 4.01. The molecule has 162 valence electrons. The molecule has 7 nitrogen and oxygen atoms in total. The fraction of sp³-hybridized carbons (Fsp3) is 0.286. The van der Waals surface area contributed by atoms with Crippen LogP contribution in [0.15, 0.2) is 52.6 Å². The smallest absolute Gasteiger partial charge is 0.387 e. The molecule has 2 N–H and O–H groups in total. The first-order valence-electron chi connectivity index (χ1n) is 9.56. The average Bonchev–Trinajstić information content (AvgIpc) is 3.14. The third kappa shape index (κ3) is 5.69. The van der Waals surface area contributed by atoms with Crippen molar-refractivity contribution in [1.82, 2.24) is 15.6 Å². The van der Waals surface area contributed by atoms with E-state index in [-0.39, 0.29) is 17.8 Å². The Morgan fingerprint density at radius 2 is 2.19 bits per heavy atom. The number of rotatable bonds is 6. The highest BCUT2D eigenvalue weighted by Crippen LogP contribution is 2.24. The summed E-state index contributed by atoms with van der Waals surface area (Å²) in [6.07, 6.45) is 1.85. The molecule has 0 saturated carbocycles. The minimum Gasteiger partial charge on any atom is -0.435 e. The quantitative estimate of drug-likeness (QED) is 0.303. The van der Waals surface area contributed by atoms with Gasteiger partial charge in [-0.3, -0.25) is 5.32 Å². The number of likely N-dealkylation sites (N-methyl/N-ethyl adjacent to an activating group) is 1. The van der Waals surface area contributed by atoms with Gasteiger partial charge in [0.2, 0.25) is 5.96 Å². The van der Waals surface area contributed by atoms with Crippen molar-refractivity contribution in [3.8, 4) is 11.9 Å². The normalized spacial score (nSPS) is 16.3. The highest BCUT2D eigenvalue weighted by atomic mass is 35.5. The summed E-state index contributed by atoms with van der Waals surface area (Å²) in [4.78, 5) is 4.38. The average molecular weight is 447 g/mol. The Hall–Kier alpha value is -3.22. The first-order valence-corrected chi connectivity index (χ1v) is 9.93. The topological polar surface area (TPSA) is 85.0 Å². The number of nitrogens with one attached hydrogen (secondary N) is 2. The fourth-order valence-corrected chi connectivity index (χ4v) is 3.27. The van der Waals surface area contributed by atoms with E-state index in [0.29, 0.717) is 17.3 Å². The minimum atomic E-state index is -2.94. The van der Waals surface area contributed by atoms with Gasteiger partial charge in [-0.2, -0.15) is 19.1 Å². The summed E-state index contributed by atoms with van der Waals surface area (Å²) < 4.78 is 29.4. The van der Waals surface area contributed by atoms with E-state index in [1.165, 1.54) is 18.2 Å². The van der Waals surface area contributed by atoms with E-state index in [1.54, 1.807) is 11.1 Å². The summed E-state index contributed by atoms with van der Waals surface area (Å²) in [5.41, 5.74) is 2.94. The Morgan fingerprint density at radius 1 is 1.39 bits per heavy atom. The van der Waals surface area contributed by atoms with Crippen molar-refractivity contribution < 1.29 is 13.5 Å². The molecule has 31 heavy (non-hydrogen) atoms. The van der Waals surface area contributed by atoms with Crippen LogP contribution < -0.4 is 15.4 Å². The molecular formula is C21H21ClF2N6O. The van der Waals surface area contributed by atoms with Gasteiger partial charge in [0.1, 0.15) is 5.75 Å². The molecule has 1 unspecified atom stereocenters. The molecule has 0 radical (unpaired) electrons. The van der Waals surface area contributed by atoms with Gasteiger partial charge in [0.05, 0.1) is 24.0 Å². The number of alkyl halides is 2. The third-order valence-corrected chi connectivity index (χ3v) is 4.93. The van der Waals surface area contributed by atoms with Gasteiger partial charge in [-0.25, -0.2) is 10.0 Å². The maximum atomic E-state index is 12.5. The van der Waals surface area contributed by atoms with Crippen LogP contribution >= 0.6 is 11.6 Å². The number of nitriles is 1. The number of nitrogens with zero attached hydrogens (tertiary/aromatic N) is 4. The molecule has 0 aliphatic carbocycles. The van der Waals surface area contributed by atoms with Crippen molar-refractivity contribution in [2.45, 2.75) is 26.5 Å². The maximum absolute atomic E-state index is 12.5. The van der Waals surface area contributed by atoms with Crippen LogP contribution in [0.3, 0.4) is 0 Å². The molecule has 2 aromatic rings. The van der Waals surface area contributed by atoms with Crippen molar-refractivity contribution in [2.24, 2.45) is 10.1 Å². The molecule has 1 aliphatic rings. The van der Waals surface area contributed by atoms with Crippen LogP contribution in [0.4, 0.5) is 14.5 Å². The van der Waals surface area contributed by atoms with Crippen molar-refractivity contribution in [3.05, 3.63) is 58.6 Å². The number of guanidine groups is 1. The molecule has 0 fully saturated rings. The van der Waals surface area contributed by atoms with Gasteiger partial charge in [-0.15, -0.1) is 0 Å². The molecule has 0 saturated heterocycles. The minimum absolute atomic E-state index is 0.0275. The lowest BCUT2D eigenvalue weighted by Gasteiger charge is -2.17. The molecule has 3 rings (SSSR count). The van der Waals surface area contributed by atoms with Crippen molar-refractivity contribution in [2.75, 3.05) is 13.1 Å². The molecule has 2 aromatic carbocycles. The van der Waals surface area contributed by atoms with Gasteiger partial charge in [0, 0.05) is 11.1 Å². The zero-order valence-corrected chi connectivity index (χ0v) is 17.7. The van der Waals surface area contributed by atoms with Crippen LogP contribution in [-0.2, 0) is 0 Å². The van der Waals surface area contributed by atoms with Crippen molar-refractivity contribution >= 4 is 29.0 Å². The monoisotopic (exact) mass is 446 g/mol. The second-order valence-corrected chi connectivity index (χ2v) is 7.10. The second kappa shape index (κ2) is 10.2. The summed E-state index contributed by atoms with van der Waals surface area (Å²) >= 11 is 6.15. The second-order valence-electron chi connectivity index (χ2n) is 6.69. The van der Waals surface area contributed by atoms with Gasteiger partial charge in [-0.05, 0) is 48.9 Å². The Kier molecular flexibility index (Phi) is 7.39. The van der Waals surface area contributed by atoms with E-state index in [2.05, 4.69) is 25.5 Å². The number of benzene rings is 2. The highest BCUT2D eigenvalue weighted by molar-refractivity contribution is 6.31. The molecule has 0 aromatic heterocycles. The van der Waals surface area contributed by atoms with Crippen LogP contribution in [0.2, 0.25) is 5.02 Å². The Bertz CT molecular complexity index is 1040.